The van der Waals surface area contributed by atoms with Crippen molar-refractivity contribution < 1.29 is 14.4 Å². The number of hydrogen-bond donors (Lipinski definition) is 1. The lowest BCUT2D eigenvalue weighted by Crippen LogP contribution is -2.00. The van der Waals surface area contributed by atoms with Crippen molar-refractivity contribution in [3.63, 3.8) is 0 Å². The molecule has 0 fully saturated rings. The van der Waals surface area contributed by atoms with Crippen molar-refractivity contribution in [3.8, 4) is 0 Å². The molecule has 0 saturated heterocycles. The van der Waals surface area contributed by atoms with Crippen molar-refractivity contribution in [1.82, 2.24) is 10.1 Å². The van der Waals surface area contributed by atoms with E-state index in [1.54, 1.807) is 12.3 Å². The normalized spacial score (nSPS) is 10.4. The SMILES string of the molecule is Cc1cc(CSc2ncccc2C(=O)O)no1. The highest BCUT2D eigenvalue weighted by molar-refractivity contribution is 7.98. The molecule has 0 bridgehead atoms. The Balaban J connectivity index is 2.11. The second kappa shape index (κ2) is 5.01. The number of aryl methyl sites for hydroxylation is 1. The summed E-state index contributed by atoms with van der Waals surface area (Å²) >= 11 is 1.33. The van der Waals surface area contributed by atoms with Crippen LogP contribution in [0.3, 0.4) is 0 Å². The molecule has 0 aliphatic heterocycles. The molecule has 2 aromatic rings. The van der Waals surface area contributed by atoms with Gasteiger partial charge in [0.15, 0.2) is 0 Å². The summed E-state index contributed by atoms with van der Waals surface area (Å²) in [6.07, 6.45) is 1.57. The number of aromatic carboxylic acids is 1. The van der Waals surface area contributed by atoms with Crippen LogP contribution in [0.5, 0.6) is 0 Å². The largest absolute Gasteiger partial charge is 0.478 e. The Morgan fingerprint density at radius 3 is 3.06 bits per heavy atom. The van der Waals surface area contributed by atoms with E-state index in [9.17, 15) is 4.79 Å². The number of hydrogen-bond acceptors (Lipinski definition) is 5. The highest BCUT2D eigenvalue weighted by atomic mass is 32.2. The smallest absolute Gasteiger partial charge is 0.338 e. The predicted molar refractivity (Wildman–Crippen MR) is 62.0 cm³/mol. The second-order valence-corrected chi connectivity index (χ2v) is 4.34. The molecule has 1 N–H and O–H groups in total. The van der Waals surface area contributed by atoms with Gasteiger partial charge in [-0.2, -0.15) is 0 Å². The number of thioether (sulfide) groups is 1. The lowest BCUT2D eigenvalue weighted by Gasteiger charge is -2.02. The Labute approximate surface area is 102 Å². The first kappa shape index (κ1) is 11.7. The minimum Gasteiger partial charge on any atom is -0.478 e. The lowest BCUT2D eigenvalue weighted by atomic mass is 10.3. The minimum absolute atomic E-state index is 0.206. The van der Waals surface area contributed by atoms with E-state index < -0.39 is 5.97 Å². The summed E-state index contributed by atoms with van der Waals surface area (Å²) in [5.41, 5.74) is 0.979. The molecule has 2 aromatic heterocycles. The van der Waals surface area contributed by atoms with Crippen LogP contribution < -0.4 is 0 Å². The topological polar surface area (TPSA) is 76.2 Å². The molecule has 0 radical (unpaired) electrons. The van der Waals surface area contributed by atoms with E-state index in [1.165, 1.54) is 17.8 Å². The third kappa shape index (κ3) is 2.85. The summed E-state index contributed by atoms with van der Waals surface area (Å²) in [6.45, 7) is 1.81. The van der Waals surface area contributed by atoms with Gasteiger partial charge in [-0.1, -0.05) is 16.9 Å². The summed E-state index contributed by atoms with van der Waals surface area (Å²) in [7, 11) is 0. The van der Waals surface area contributed by atoms with Crippen LogP contribution in [0.4, 0.5) is 0 Å². The van der Waals surface area contributed by atoms with Crippen LogP contribution in [0.15, 0.2) is 33.9 Å². The zero-order chi connectivity index (χ0) is 12.3. The molecule has 88 valence electrons. The fraction of sp³-hybridized carbons (Fsp3) is 0.182. The monoisotopic (exact) mass is 250 g/mol. The summed E-state index contributed by atoms with van der Waals surface area (Å²) in [5.74, 6) is 0.297. The zero-order valence-corrected chi connectivity index (χ0v) is 9.90. The first-order valence-electron chi connectivity index (χ1n) is 4.90. The number of carbonyl (C=O) groups is 1. The summed E-state index contributed by atoms with van der Waals surface area (Å²) < 4.78 is 4.93. The van der Waals surface area contributed by atoms with Crippen molar-refractivity contribution in [3.05, 3.63) is 41.4 Å². The molecule has 0 aliphatic rings. The molecule has 0 amide bonds. The van der Waals surface area contributed by atoms with Gasteiger partial charge in [0, 0.05) is 18.0 Å². The van der Waals surface area contributed by atoms with Crippen LogP contribution in [0.25, 0.3) is 0 Å². The van der Waals surface area contributed by atoms with E-state index in [4.69, 9.17) is 9.63 Å². The number of nitrogens with zero attached hydrogens (tertiary/aromatic N) is 2. The fourth-order valence-corrected chi connectivity index (χ4v) is 2.16. The molecule has 0 atom stereocenters. The predicted octanol–water partition coefficient (Wildman–Crippen LogP) is 2.37. The lowest BCUT2D eigenvalue weighted by molar-refractivity contribution is 0.0692. The molecule has 0 aromatic carbocycles. The van der Waals surface area contributed by atoms with Gasteiger partial charge in [-0.15, -0.1) is 0 Å². The molecule has 5 nitrogen and oxygen atoms in total. The second-order valence-electron chi connectivity index (χ2n) is 3.38. The third-order valence-electron chi connectivity index (χ3n) is 2.04. The highest BCUT2D eigenvalue weighted by Crippen LogP contribution is 2.23. The molecule has 6 heteroatoms. The maximum Gasteiger partial charge on any atom is 0.338 e. The maximum absolute atomic E-state index is 10.9. The Kier molecular flexibility index (Phi) is 3.43. The van der Waals surface area contributed by atoms with Crippen molar-refractivity contribution in [1.29, 1.82) is 0 Å². The van der Waals surface area contributed by atoms with Crippen molar-refractivity contribution in [2.24, 2.45) is 0 Å². The number of pyridine rings is 1. The van der Waals surface area contributed by atoms with Crippen LogP contribution in [0, 0.1) is 6.92 Å². The first-order valence-corrected chi connectivity index (χ1v) is 5.88. The standard InChI is InChI=1S/C11H10N2O3S/c1-7-5-8(13-16-7)6-17-10-9(11(14)15)3-2-4-12-10/h2-5H,6H2,1H3,(H,14,15). The number of carboxylic acids is 1. The molecule has 2 heterocycles. The third-order valence-corrected chi connectivity index (χ3v) is 3.07. The van der Waals surface area contributed by atoms with Gasteiger partial charge in [0.2, 0.25) is 0 Å². The summed E-state index contributed by atoms with van der Waals surface area (Å²) in [5, 5.41) is 13.3. The Morgan fingerprint density at radius 1 is 1.59 bits per heavy atom. The van der Waals surface area contributed by atoms with Crippen LogP contribution in [0.2, 0.25) is 0 Å². The maximum atomic E-state index is 10.9. The molecule has 0 unspecified atom stereocenters. The van der Waals surface area contributed by atoms with Gasteiger partial charge in [-0.05, 0) is 19.1 Å². The molecule has 17 heavy (non-hydrogen) atoms. The first-order chi connectivity index (χ1) is 8.16. The van der Waals surface area contributed by atoms with Gasteiger partial charge in [0.05, 0.1) is 11.3 Å². The van der Waals surface area contributed by atoms with E-state index in [2.05, 4.69) is 10.1 Å². The molecular weight excluding hydrogens is 240 g/mol. The van der Waals surface area contributed by atoms with Gasteiger partial charge in [-0.25, -0.2) is 9.78 Å². The minimum atomic E-state index is -0.975. The average molecular weight is 250 g/mol. The quantitative estimate of drug-likeness (QED) is 0.839. The summed E-state index contributed by atoms with van der Waals surface area (Å²) in [4.78, 5) is 15.0. The van der Waals surface area contributed by atoms with E-state index in [-0.39, 0.29) is 5.56 Å². The van der Waals surface area contributed by atoms with Gasteiger partial charge in [0.1, 0.15) is 10.8 Å². The van der Waals surface area contributed by atoms with Crippen LogP contribution in [-0.4, -0.2) is 21.2 Å². The van der Waals surface area contributed by atoms with Crippen LogP contribution >= 0.6 is 11.8 Å². The highest BCUT2D eigenvalue weighted by Gasteiger charge is 2.11. The van der Waals surface area contributed by atoms with Crippen LogP contribution in [-0.2, 0) is 5.75 Å². The van der Waals surface area contributed by atoms with Crippen molar-refractivity contribution in [2.75, 3.05) is 0 Å². The van der Waals surface area contributed by atoms with E-state index in [0.717, 1.165) is 11.5 Å². The van der Waals surface area contributed by atoms with E-state index in [1.807, 2.05) is 13.0 Å². The number of carboxylic acid groups (broad SMARTS) is 1. The fourth-order valence-electron chi connectivity index (χ4n) is 1.30. The molecule has 2 rings (SSSR count). The summed E-state index contributed by atoms with van der Waals surface area (Å²) in [6, 6.07) is 4.95. The van der Waals surface area contributed by atoms with Crippen LogP contribution in [0.1, 0.15) is 21.8 Å². The molecule has 0 saturated carbocycles. The number of aromatic nitrogens is 2. The van der Waals surface area contributed by atoms with Crippen molar-refractivity contribution in [2.45, 2.75) is 17.7 Å². The Morgan fingerprint density at radius 2 is 2.41 bits per heavy atom. The van der Waals surface area contributed by atoms with Gasteiger partial charge in [0.25, 0.3) is 0 Å². The zero-order valence-electron chi connectivity index (χ0n) is 9.08. The van der Waals surface area contributed by atoms with E-state index in [0.29, 0.717) is 10.8 Å². The average Bonchev–Trinajstić information content (AvgIpc) is 2.73. The van der Waals surface area contributed by atoms with Gasteiger partial charge >= 0.3 is 5.97 Å². The van der Waals surface area contributed by atoms with E-state index >= 15 is 0 Å². The Bertz CT molecular complexity index is 539. The Hall–Kier alpha value is -1.82. The molecule has 0 aliphatic carbocycles. The van der Waals surface area contributed by atoms with Crippen molar-refractivity contribution >= 4 is 17.7 Å². The molecule has 0 spiro atoms. The molecular formula is C11H10N2O3S. The number of rotatable bonds is 4. The van der Waals surface area contributed by atoms with Gasteiger partial charge < -0.3 is 9.63 Å². The van der Waals surface area contributed by atoms with Gasteiger partial charge in [-0.3, -0.25) is 0 Å².